The Kier molecular flexibility index (Phi) is 6.06. The average Bonchev–Trinajstić information content (AvgIpc) is 3.08. The van der Waals surface area contributed by atoms with Crippen molar-refractivity contribution in [3.8, 4) is 5.75 Å². The van der Waals surface area contributed by atoms with E-state index in [1.54, 1.807) is 49.4 Å². The molecule has 0 saturated carbocycles. The van der Waals surface area contributed by atoms with Crippen LogP contribution in [0, 0.1) is 5.82 Å². The smallest absolute Gasteiger partial charge is 0.338 e. The largest absolute Gasteiger partial charge is 0.466 e. The van der Waals surface area contributed by atoms with Crippen LogP contribution in [0.25, 0.3) is 6.08 Å². The molecule has 3 aromatic rings. The van der Waals surface area contributed by atoms with Crippen LogP contribution in [0.3, 0.4) is 0 Å². The lowest BCUT2D eigenvalue weighted by Gasteiger charge is -2.24. The standard InChI is InChI=1S/C24H19FN2O5S/c1-13-20(23(30)31-3)21(16-6-10-18(11-7-16)32-14(2)28)27-22(29)19(33-24(27)26-13)12-15-4-8-17(25)9-5-15/h4-12,21H,1-3H3/b19-12+/t21-/m1/s1. The fraction of sp³-hybridized carbons (Fsp3) is 0.167. The quantitative estimate of drug-likeness (QED) is 0.436. The van der Waals surface area contributed by atoms with Crippen molar-refractivity contribution in [1.29, 1.82) is 0 Å². The number of benzene rings is 2. The van der Waals surface area contributed by atoms with Crippen LogP contribution < -0.4 is 19.6 Å². The topological polar surface area (TPSA) is 87.0 Å². The fourth-order valence-corrected chi connectivity index (χ4v) is 4.65. The maximum atomic E-state index is 13.4. The van der Waals surface area contributed by atoms with Gasteiger partial charge >= 0.3 is 11.9 Å². The summed E-state index contributed by atoms with van der Waals surface area (Å²) < 4.78 is 25.1. The van der Waals surface area contributed by atoms with E-state index >= 15 is 0 Å². The van der Waals surface area contributed by atoms with Crippen LogP contribution in [0.2, 0.25) is 0 Å². The molecule has 4 rings (SSSR count). The molecule has 1 aliphatic heterocycles. The molecule has 1 aromatic heterocycles. The second-order valence-electron chi connectivity index (χ2n) is 7.29. The molecular formula is C24H19FN2O5S. The van der Waals surface area contributed by atoms with Crippen molar-refractivity contribution in [2.24, 2.45) is 4.99 Å². The van der Waals surface area contributed by atoms with E-state index in [1.165, 1.54) is 42.1 Å². The van der Waals surface area contributed by atoms with E-state index < -0.39 is 18.0 Å². The van der Waals surface area contributed by atoms with Crippen molar-refractivity contribution in [2.75, 3.05) is 7.11 Å². The maximum absolute atomic E-state index is 13.4. The number of ether oxygens (including phenoxy) is 2. The average molecular weight is 466 g/mol. The molecular weight excluding hydrogens is 447 g/mol. The van der Waals surface area contributed by atoms with Gasteiger partial charge in [-0.3, -0.25) is 14.2 Å². The minimum atomic E-state index is -0.782. The van der Waals surface area contributed by atoms with Gasteiger partial charge in [0.05, 0.1) is 29.0 Å². The normalized spacial score (nSPS) is 15.6. The Bertz CT molecular complexity index is 1450. The molecule has 33 heavy (non-hydrogen) atoms. The number of fused-ring (bicyclic) bond motifs is 1. The van der Waals surface area contributed by atoms with E-state index in [-0.39, 0.29) is 16.9 Å². The van der Waals surface area contributed by atoms with Gasteiger partial charge in [0, 0.05) is 6.92 Å². The molecule has 1 atom stereocenters. The van der Waals surface area contributed by atoms with E-state index in [0.717, 1.165) is 0 Å². The first-order valence-electron chi connectivity index (χ1n) is 9.93. The van der Waals surface area contributed by atoms with Gasteiger partial charge in [-0.05, 0) is 48.4 Å². The minimum absolute atomic E-state index is 0.235. The predicted molar refractivity (Wildman–Crippen MR) is 120 cm³/mol. The predicted octanol–water partition coefficient (Wildman–Crippen LogP) is 2.47. The van der Waals surface area contributed by atoms with Gasteiger partial charge in [0.1, 0.15) is 11.6 Å². The first kappa shape index (κ1) is 22.3. The van der Waals surface area contributed by atoms with Gasteiger partial charge in [-0.1, -0.05) is 35.6 Å². The van der Waals surface area contributed by atoms with Crippen LogP contribution in [-0.4, -0.2) is 23.6 Å². The molecule has 0 unspecified atom stereocenters. The molecule has 0 amide bonds. The zero-order chi connectivity index (χ0) is 23.7. The molecule has 0 N–H and O–H groups in total. The third-order valence-electron chi connectivity index (χ3n) is 5.05. The summed E-state index contributed by atoms with van der Waals surface area (Å²) in [5.41, 5.74) is 1.61. The highest BCUT2D eigenvalue weighted by atomic mass is 32.1. The number of halogens is 1. The molecule has 0 saturated heterocycles. The lowest BCUT2D eigenvalue weighted by molar-refractivity contribution is -0.136. The van der Waals surface area contributed by atoms with Crippen molar-refractivity contribution >= 4 is 29.4 Å². The number of hydrogen-bond acceptors (Lipinski definition) is 7. The molecule has 2 heterocycles. The SMILES string of the molecule is COC(=O)C1=C(C)N=c2s/c(=C/c3ccc(F)cc3)c(=O)n2[C@@H]1c1ccc(OC(C)=O)cc1. The molecule has 0 bridgehead atoms. The number of carbonyl (C=O) groups is 2. The molecule has 2 aromatic carbocycles. The van der Waals surface area contributed by atoms with Crippen LogP contribution in [-0.2, 0) is 14.3 Å². The van der Waals surface area contributed by atoms with E-state index in [0.29, 0.717) is 31.9 Å². The molecule has 168 valence electrons. The Morgan fingerprint density at radius 3 is 2.39 bits per heavy atom. The number of hydrogen-bond donors (Lipinski definition) is 0. The van der Waals surface area contributed by atoms with Crippen molar-refractivity contribution in [3.63, 3.8) is 0 Å². The number of carbonyl (C=O) groups excluding carboxylic acids is 2. The van der Waals surface area contributed by atoms with Crippen LogP contribution in [0.4, 0.5) is 4.39 Å². The Hall–Kier alpha value is -3.85. The summed E-state index contributed by atoms with van der Waals surface area (Å²) in [6.07, 6.45) is 1.65. The highest BCUT2D eigenvalue weighted by molar-refractivity contribution is 7.07. The highest BCUT2D eigenvalue weighted by Crippen LogP contribution is 2.31. The maximum Gasteiger partial charge on any atom is 0.338 e. The molecule has 0 aliphatic carbocycles. The number of rotatable bonds is 4. The lowest BCUT2D eigenvalue weighted by Crippen LogP contribution is -2.39. The first-order chi connectivity index (χ1) is 15.8. The Morgan fingerprint density at radius 1 is 1.12 bits per heavy atom. The number of allylic oxidation sites excluding steroid dienone is 1. The Balaban J connectivity index is 1.90. The summed E-state index contributed by atoms with van der Waals surface area (Å²) in [4.78, 5) is 42.2. The van der Waals surface area contributed by atoms with Gasteiger partial charge in [0.15, 0.2) is 4.80 Å². The van der Waals surface area contributed by atoms with Gasteiger partial charge in [0.2, 0.25) is 0 Å². The van der Waals surface area contributed by atoms with E-state index in [4.69, 9.17) is 9.47 Å². The molecule has 0 radical (unpaired) electrons. The van der Waals surface area contributed by atoms with Gasteiger partial charge in [-0.2, -0.15) is 0 Å². The number of thiazole rings is 1. The summed E-state index contributed by atoms with van der Waals surface area (Å²) in [5, 5.41) is 0. The molecule has 0 fully saturated rings. The van der Waals surface area contributed by atoms with E-state index in [9.17, 15) is 18.8 Å². The summed E-state index contributed by atoms with van der Waals surface area (Å²) in [5.74, 6) is -1.08. The molecule has 7 nitrogen and oxygen atoms in total. The molecule has 9 heteroatoms. The number of aromatic nitrogens is 1. The van der Waals surface area contributed by atoms with Crippen LogP contribution in [0.1, 0.15) is 31.0 Å². The second kappa shape index (κ2) is 8.95. The van der Waals surface area contributed by atoms with Crippen LogP contribution in [0.15, 0.2) is 69.6 Å². The third-order valence-corrected chi connectivity index (χ3v) is 6.04. The minimum Gasteiger partial charge on any atom is -0.466 e. The lowest BCUT2D eigenvalue weighted by atomic mass is 9.96. The van der Waals surface area contributed by atoms with E-state index in [1.807, 2.05) is 0 Å². The number of esters is 2. The number of methoxy groups -OCH3 is 1. The van der Waals surface area contributed by atoms with Crippen LogP contribution >= 0.6 is 11.3 Å². The zero-order valence-corrected chi connectivity index (χ0v) is 18.8. The van der Waals surface area contributed by atoms with Gasteiger partial charge < -0.3 is 9.47 Å². The fourth-order valence-electron chi connectivity index (χ4n) is 3.60. The van der Waals surface area contributed by atoms with Crippen molar-refractivity contribution in [1.82, 2.24) is 4.57 Å². The Labute approximate surface area is 191 Å². The van der Waals surface area contributed by atoms with E-state index in [2.05, 4.69) is 4.99 Å². The van der Waals surface area contributed by atoms with Gasteiger partial charge in [-0.15, -0.1) is 0 Å². The summed E-state index contributed by atoms with van der Waals surface area (Å²) in [6.45, 7) is 2.98. The Morgan fingerprint density at radius 2 is 1.79 bits per heavy atom. The monoisotopic (exact) mass is 466 g/mol. The van der Waals surface area contributed by atoms with Gasteiger partial charge in [0.25, 0.3) is 5.56 Å². The van der Waals surface area contributed by atoms with Crippen molar-refractivity contribution < 1.29 is 23.5 Å². The van der Waals surface area contributed by atoms with Crippen molar-refractivity contribution in [3.05, 3.63) is 96.4 Å². The van der Waals surface area contributed by atoms with Crippen LogP contribution in [0.5, 0.6) is 5.75 Å². The summed E-state index contributed by atoms with van der Waals surface area (Å²) in [6, 6.07) is 11.5. The zero-order valence-electron chi connectivity index (χ0n) is 18.0. The summed E-state index contributed by atoms with van der Waals surface area (Å²) in [7, 11) is 1.27. The molecule has 0 spiro atoms. The second-order valence-corrected chi connectivity index (χ2v) is 8.30. The highest BCUT2D eigenvalue weighted by Gasteiger charge is 2.33. The number of nitrogens with zero attached hydrogens (tertiary/aromatic N) is 2. The van der Waals surface area contributed by atoms with Gasteiger partial charge in [-0.25, -0.2) is 14.2 Å². The molecule has 1 aliphatic rings. The summed E-state index contributed by atoms with van der Waals surface area (Å²) >= 11 is 1.17. The first-order valence-corrected chi connectivity index (χ1v) is 10.7. The van der Waals surface area contributed by atoms with Crippen molar-refractivity contribution in [2.45, 2.75) is 19.9 Å². The third kappa shape index (κ3) is 4.40.